The van der Waals surface area contributed by atoms with Gasteiger partial charge >= 0.3 is 5.97 Å². The second kappa shape index (κ2) is 8.01. The Morgan fingerprint density at radius 1 is 1.04 bits per heavy atom. The van der Waals surface area contributed by atoms with Crippen molar-refractivity contribution in [2.45, 2.75) is 19.0 Å². The minimum Gasteiger partial charge on any atom is -0.423 e. The fourth-order valence-corrected chi connectivity index (χ4v) is 2.76. The molecule has 1 aromatic heterocycles. The number of nitrogens with zero attached hydrogens (tertiary/aromatic N) is 2. The first-order chi connectivity index (χ1) is 12.5. The molecule has 0 fully saturated rings. The highest BCUT2D eigenvalue weighted by Gasteiger charge is 2.09. The summed E-state index contributed by atoms with van der Waals surface area (Å²) in [6.45, 7) is 3.90. The van der Waals surface area contributed by atoms with Gasteiger partial charge in [-0.2, -0.15) is 0 Å². The van der Waals surface area contributed by atoms with Crippen molar-refractivity contribution in [3.8, 4) is 5.75 Å². The molecule has 3 aromatic rings. The number of carbonyl (C=O) groups is 1. The maximum Gasteiger partial charge on any atom is 0.343 e. The van der Waals surface area contributed by atoms with E-state index in [2.05, 4.69) is 15.3 Å². The van der Waals surface area contributed by atoms with Gasteiger partial charge in [-0.3, -0.25) is 0 Å². The molecule has 26 heavy (non-hydrogen) atoms. The van der Waals surface area contributed by atoms with Crippen LogP contribution in [0.2, 0.25) is 0 Å². The van der Waals surface area contributed by atoms with Gasteiger partial charge in [-0.1, -0.05) is 35.5 Å². The molecule has 0 atom stereocenters. The number of aryl methyl sites for hydroxylation is 2. The summed E-state index contributed by atoms with van der Waals surface area (Å²) in [5.41, 5.74) is 3.28. The summed E-state index contributed by atoms with van der Waals surface area (Å²) < 4.78 is 5.47. The van der Waals surface area contributed by atoms with Crippen LogP contribution in [0.3, 0.4) is 0 Å². The monoisotopic (exact) mass is 365 g/mol. The molecule has 5 nitrogen and oxygen atoms in total. The summed E-state index contributed by atoms with van der Waals surface area (Å²) >= 11 is 1.49. The lowest BCUT2D eigenvalue weighted by molar-refractivity contribution is 0.0735. The number of hydrogen-bond acceptors (Lipinski definition) is 6. The first-order valence-electron chi connectivity index (χ1n) is 8.09. The largest absolute Gasteiger partial charge is 0.423 e. The molecule has 0 radical (unpaired) electrons. The zero-order valence-electron chi connectivity index (χ0n) is 14.8. The van der Waals surface area contributed by atoms with Gasteiger partial charge in [0.2, 0.25) is 0 Å². The van der Waals surface area contributed by atoms with Crippen LogP contribution in [0.15, 0.2) is 59.8 Å². The molecular weight excluding hydrogens is 346 g/mol. The Bertz CT molecular complexity index is 927. The molecule has 0 unspecified atom stereocenters. The van der Waals surface area contributed by atoms with E-state index >= 15 is 0 Å². The third kappa shape index (κ3) is 4.61. The second-order valence-corrected chi connectivity index (χ2v) is 6.56. The Labute approximate surface area is 156 Å². The Morgan fingerprint density at radius 2 is 1.81 bits per heavy atom. The summed E-state index contributed by atoms with van der Waals surface area (Å²) in [5.74, 6) is 0.782. The van der Waals surface area contributed by atoms with Gasteiger partial charge in [-0.25, -0.2) is 14.8 Å². The van der Waals surface area contributed by atoms with Crippen molar-refractivity contribution < 1.29 is 9.53 Å². The number of ether oxygens (including phenoxy) is 1. The summed E-state index contributed by atoms with van der Waals surface area (Å²) in [7, 11) is 0. The molecule has 0 aliphatic carbocycles. The van der Waals surface area contributed by atoms with Crippen molar-refractivity contribution in [2.24, 2.45) is 0 Å². The molecule has 0 saturated carbocycles. The lowest BCUT2D eigenvalue weighted by Crippen LogP contribution is -2.08. The van der Waals surface area contributed by atoms with Gasteiger partial charge in [0.05, 0.1) is 5.56 Å². The highest BCUT2D eigenvalue weighted by atomic mass is 32.2. The van der Waals surface area contributed by atoms with Crippen LogP contribution in [0.5, 0.6) is 5.75 Å². The van der Waals surface area contributed by atoms with E-state index in [-0.39, 0.29) is 5.97 Å². The smallest absolute Gasteiger partial charge is 0.343 e. The van der Waals surface area contributed by atoms with Gasteiger partial charge in [0, 0.05) is 23.5 Å². The van der Waals surface area contributed by atoms with Crippen LogP contribution >= 0.6 is 11.8 Å². The van der Waals surface area contributed by atoms with Crippen LogP contribution in [0, 0.1) is 13.8 Å². The van der Waals surface area contributed by atoms with Gasteiger partial charge in [-0.15, -0.1) is 0 Å². The van der Waals surface area contributed by atoms with Gasteiger partial charge in [0.15, 0.2) is 5.16 Å². The molecule has 0 spiro atoms. The average molecular weight is 365 g/mol. The predicted molar refractivity (Wildman–Crippen MR) is 104 cm³/mol. The minimum absolute atomic E-state index is 0.385. The highest BCUT2D eigenvalue weighted by Crippen LogP contribution is 2.23. The van der Waals surface area contributed by atoms with Crippen LogP contribution < -0.4 is 10.1 Å². The van der Waals surface area contributed by atoms with E-state index < -0.39 is 0 Å². The van der Waals surface area contributed by atoms with Crippen molar-refractivity contribution in [2.75, 3.05) is 11.6 Å². The highest BCUT2D eigenvalue weighted by molar-refractivity contribution is 7.98. The van der Waals surface area contributed by atoms with Gasteiger partial charge in [-0.05, 0) is 44.4 Å². The van der Waals surface area contributed by atoms with Crippen molar-refractivity contribution in [3.63, 3.8) is 0 Å². The molecule has 0 aliphatic rings. The standard InChI is InChI=1S/C20H19N3O2S/c1-13-7-9-15(10-8-13)19(24)25-17-6-4-5-16(12-17)22-18-11-14(2)21-20(23-18)26-3/h4-12H,1-3H3,(H,21,22,23). The SMILES string of the molecule is CSc1nc(C)cc(Nc2cccc(OC(=O)c3ccc(C)cc3)c2)n1. The first kappa shape index (κ1) is 17.9. The first-order valence-corrected chi connectivity index (χ1v) is 9.31. The summed E-state index contributed by atoms with van der Waals surface area (Å²) in [5, 5.41) is 3.93. The number of esters is 1. The number of hydrogen-bond donors (Lipinski definition) is 1. The summed E-state index contributed by atoms with van der Waals surface area (Å²) in [6.07, 6.45) is 1.93. The molecule has 1 N–H and O–H groups in total. The molecule has 3 rings (SSSR count). The molecule has 0 bridgehead atoms. The van der Waals surface area contributed by atoms with Crippen molar-refractivity contribution in [1.29, 1.82) is 0 Å². The summed E-state index contributed by atoms with van der Waals surface area (Å²) in [4.78, 5) is 21.0. The average Bonchev–Trinajstić information content (AvgIpc) is 2.62. The van der Waals surface area contributed by atoms with Crippen molar-refractivity contribution >= 4 is 29.2 Å². The lowest BCUT2D eigenvalue weighted by atomic mass is 10.1. The van der Waals surface area contributed by atoms with E-state index in [1.165, 1.54) is 11.8 Å². The topological polar surface area (TPSA) is 64.1 Å². The Morgan fingerprint density at radius 3 is 2.54 bits per heavy atom. The zero-order chi connectivity index (χ0) is 18.5. The Hall–Kier alpha value is -2.86. The number of benzene rings is 2. The molecule has 1 heterocycles. The molecule has 0 amide bonds. The predicted octanol–water partition coefficient (Wildman–Crippen LogP) is 4.78. The van der Waals surface area contributed by atoms with E-state index in [0.717, 1.165) is 16.9 Å². The van der Waals surface area contributed by atoms with E-state index in [9.17, 15) is 4.79 Å². The number of rotatable bonds is 5. The van der Waals surface area contributed by atoms with Gasteiger partial charge < -0.3 is 10.1 Å². The second-order valence-electron chi connectivity index (χ2n) is 5.79. The van der Waals surface area contributed by atoms with E-state index in [1.54, 1.807) is 24.3 Å². The zero-order valence-corrected chi connectivity index (χ0v) is 15.6. The number of carbonyl (C=O) groups excluding carboxylic acids is 1. The number of nitrogens with one attached hydrogen (secondary N) is 1. The van der Waals surface area contributed by atoms with Crippen LogP contribution in [0.25, 0.3) is 0 Å². The van der Waals surface area contributed by atoms with Crippen LogP contribution in [0.1, 0.15) is 21.6 Å². The number of thioether (sulfide) groups is 1. The Balaban J connectivity index is 1.75. The quantitative estimate of drug-likeness (QED) is 0.304. The van der Waals surface area contributed by atoms with E-state index in [0.29, 0.717) is 22.3 Å². The molecule has 132 valence electrons. The molecular formula is C20H19N3O2S. The van der Waals surface area contributed by atoms with E-state index in [1.807, 2.05) is 50.4 Å². The molecule has 0 aliphatic heterocycles. The molecule has 2 aromatic carbocycles. The maximum atomic E-state index is 12.3. The fraction of sp³-hybridized carbons (Fsp3) is 0.150. The van der Waals surface area contributed by atoms with Gasteiger partial charge in [0.25, 0.3) is 0 Å². The Kier molecular flexibility index (Phi) is 5.53. The van der Waals surface area contributed by atoms with E-state index in [4.69, 9.17) is 4.74 Å². The van der Waals surface area contributed by atoms with Crippen LogP contribution in [-0.4, -0.2) is 22.2 Å². The van der Waals surface area contributed by atoms with Crippen LogP contribution in [0.4, 0.5) is 11.5 Å². The third-order valence-corrected chi connectivity index (χ3v) is 4.17. The molecule has 6 heteroatoms. The number of aromatic nitrogens is 2. The minimum atomic E-state index is -0.385. The summed E-state index contributed by atoms with van der Waals surface area (Å²) in [6, 6.07) is 16.4. The van der Waals surface area contributed by atoms with Gasteiger partial charge in [0.1, 0.15) is 11.6 Å². The van der Waals surface area contributed by atoms with Crippen LogP contribution in [-0.2, 0) is 0 Å². The normalized spacial score (nSPS) is 10.4. The molecule has 0 saturated heterocycles. The maximum absolute atomic E-state index is 12.3. The number of anilines is 2. The van der Waals surface area contributed by atoms with Crippen molar-refractivity contribution in [1.82, 2.24) is 9.97 Å². The third-order valence-electron chi connectivity index (χ3n) is 3.62. The lowest BCUT2D eigenvalue weighted by Gasteiger charge is -2.10. The fourth-order valence-electron chi connectivity index (χ4n) is 2.34. The van der Waals surface area contributed by atoms with Crippen molar-refractivity contribution in [3.05, 3.63) is 71.4 Å².